The van der Waals surface area contributed by atoms with Gasteiger partial charge in [0.15, 0.2) is 0 Å². The minimum atomic E-state index is -0.995. The van der Waals surface area contributed by atoms with Crippen LogP contribution < -0.4 is 15.6 Å². The molecule has 0 unspecified atom stereocenters. The zero-order chi connectivity index (χ0) is 28.6. The molecule has 41 heavy (non-hydrogen) atoms. The fourth-order valence-electron chi connectivity index (χ4n) is 3.91. The molecular weight excluding hydrogens is 550 g/mol. The molecule has 0 aliphatic rings. The van der Waals surface area contributed by atoms with Crippen molar-refractivity contribution in [2.75, 3.05) is 6.61 Å². The Labute approximate surface area is 236 Å². The first-order valence-corrected chi connectivity index (χ1v) is 13.4. The van der Waals surface area contributed by atoms with E-state index in [-0.39, 0.29) is 31.1 Å². The van der Waals surface area contributed by atoms with E-state index in [9.17, 15) is 14.4 Å². The Bertz CT molecular complexity index is 1700. The topological polar surface area (TPSA) is 185 Å². The molecule has 0 aliphatic carbocycles. The Hall–Kier alpha value is -4.95. The molecule has 13 nitrogen and oxygen atoms in total. The fourth-order valence-corrected chi connectivity index (χ4v) is 4.84. The van der Waals surface area contributed by atoms with Crippen molar-refractivity contribution in [2.45, 2.75) is 32.6 Å². The molecule has 1 amide bonds. The second-order valence-corrected chi connectivity index (χ2v) is 9.76. The van der Waals surface area contributed by atoms with Crippen LogP contribution in [0.25, 0.3) is 10.2 Å². The van der Waals surface area contributed by atoms with Gasteiger partial charge in [-0.2, -0.15) is 5.10 Å². The van der Waals surface area contributed by atoms with Gasteiger partial charge in [-0.25, -0.2) is 19.7 Å². The van der Waals surface area contributed by atoms with Gasteiger partial charge in [0.1, 0.15) is 17.0 Å². The highest BCUT2D eigenvalue weighted by atomic mass is 32.1. The number of fused-ring (bicyclic) bond motifs is 1. The number of hydrogen-bond donors (Lipinski definition) is 4. The number of aromatic carboxylic acids is 1. The summed E-state index contributed by atoms with van der Waals surface area (Å²) in [7, 11) is 0. The van der Waals surface area contributed by atoms with Crippen molar-refractivity contribution in [1.29, 1.82) is 0 Å². The zero-order valence-electron chi connectivity index (χ0n) is 21.6. The largest absolute Gasteiger partial charge is 0.478 e. The van der Waals surface area contributed by atoms with Gasteiger partial charge in [0.05, 0.1) is 30.8 Å². The number of H-pyrrole nitrogens is 2. The van der Waals surface area contributed by atoms with E-state index in [1.165, 1.54) is 29.8 Å². The highest BCUT2D eigenvalue weighted by Crippen LogP contribution is 2.22. The lowest BCUT2D eigenvalue weighted by molar-refractivity contribution is 0.0696. The number of pyridine rings is 1. The van der Waals surface area contributed by atoms with E-state index in [1.807, 2.05) is 0 Å². The lowest BCUT2D eigenvalue weighted by atomic mass is 10.1. The summed E-state index contributed by atoms with van der Waals surface area (Å²) in [5.74, 6) is -0.453. The number of carboxylic acid groups (broad SMARTS) is 1. The molecule has 0 bridgehead atoms. The summed E-state index contributed by atoms with van der Waals surface area (Å²) in [5, 5.41) is 20.6. The monoisotopic (exact) mass is 575 g/mol. The maximum absolute atomic E-state index is 12.8. The van der Waals surface area contributed by atoms with Gasteiger partial charge in [-0.05, 0) is 41.1 Å². The molecule has 5 rings (SSSR count). The molecular formula is C27H25N7O6S. The van der Waals surface area contributed by atoms with Crippen LogP contribution in [0.15, 0.2) is 59.1 Å². The molecule has 0 saturated carbocycles. The summed E-state index contributed by atoms with van der Waals surface area (Å²) in [6, 6.07) is 9.86. The minimum absolute atomic E-state index is 0.0900. The third kappa shape index (κ3) is 7.17. The van der Waals surface area contributed by atoms with Crippen LogP contribution in [-0.4, -0.2) is 53.7 Å². The van der Waals surface area contributed by atoms with E-state index in [0.717, 1.165) is 23.4 Å². The van der Waals surface area contributed by atoms with Crippen LogP contribution in [0, 0.1) is 0 Å². The number of nitrogens with one attached hydrogen (secondary N) is 3. The number of thiophene rings is 1. The van der Waals surface area contributed by atoms with E-state index in [4.69, 9.17) is 14.6 Å². The van der Waals surface area contributed by atoms with Gasteiger partial charge in [-0.1, -0.05) is 12.1 Å². The number of benzene rings is 1. The number of aromatic nitrogens is 6. The number of amides is 1. The van der Waals surface area contributed by atoms with Crippen molar-refractivity contribution in [3.8, 4) is 5.88 Å². The number of ether oxygens (including phenoxy) is 2. The van der Waals surface area contributed by atoms with Crippen LogP contribution in [0.4, 0.5) is 0 Å². The third-order valence-electron chi connectivity index (χ3n) is 5.97. The summed E-state index contributed by atoms with van der Waals surface area (Å²) in [4.78, 5) is 52.2. The maximum atomic E-state index is 12.8. The van der Waals surface area contributed by atoms with E-state index in [0.29, 0.717) is 34.7 Å². The van der Waals surface area contributed by atoms with Gasteiger partial charge in [0.2, 0.25) is 11.7 Å². The van der Waals surface area contributed by atoms with Crippen molar-refractivity contribution in [3.63, 3.8) is 0 Å². The number of carbonyl (C=O) groups excluding carboxylic acids is 1. The molecule has 0 aliphatic heterocycles. The number of carboxylic acids is 1. The first-order chi connectivity index (χ1) is 20.0. The molecule has 14 heteroatoms. The molecule has 0 radical (unpaired) electrons. The zero-order valence-corrected chi connectivity index (χ0v) is 22.4. The van der Waals surface area contributed by atoms with Crippen LogP contribution in [0.1, 0.15) is 49.9 Å². The first kappa shape index (κ1) is 27.6. The summed E-state index contributed by atoms with van der Waals surface area (Å²) < 4.78 is 11.4. The lowest BCUT2D eigenvalue weighted by Crippen LogP contribution is -2.27. The number of rotatable bonds is 13. The molecule has 0 atom stereocenters. The highest BCUT2D eigenvalue weighted by Gasteiger charge is 2.16. The molecule has 0 spiro atoms. The van der Waals surface area contributed by atoms with Crippen molar-refractivity contribution in [1.82, 2.24) is 35.5 Å². The van der Waals surface area contributed by atoms with E-state index >= 15 is 0 Å². The molecule has 1 aromatic carbocycles. The number of nitrogens with zero attached hydrogens (tertiary/aromatic N) is 4. The Balaban J connectivity index is 1.14. The fraction of sp³-hybridized carbons (Fsp3) is 0.222. The molecule has 4 heterocycles. The molecule has 4 N–H and O–H groups in total. The number of aryl methyl sites for hydroxylation is 1. The summed E-state index contributed by atoms with van der Waals surface area (Å²) in [6.07, 6.45) is 4.53. The quantitative estimate of drug-likeness (QED) is 0.152. The second kappa shape index (κ2) is 12.9. The SMILES string of the molecule is O=C(O)c1ccc(COCc2csc3nc(C(=O)NCc4ccnc(OCCCc5nc[nH]n5)c4)[nH]c(=O)c23)cc1. The molecule has 5 aromatic rings. The first-order valence-electron chi connectivity index (χ1n) is 12.6. The Kier molecular flexibility index (Phi) is 8.71. The Morgan fingerprint density at radius 1 is 1.07 bits per heavy atom. The van der Waals surface area contributed by atoms with Gasteiger partial charge in [-0.3, -0.25) is 14.7 Å². The van der Waals surface area contributed by atoms with Crippen molar-refractivity contribution >= 4 is 33.4 Å². The molecule has 210 valence electrons. The summed E-state index contributed by atoms with van der Waals surface area (Å²) >= 11 is 1.25. The van der Waals surface area contributed by atoms with Crippen molar-refractivity contribution in [2.24, 2.45) is 0 Å². The predicted molar refractivity (Wildman–Crippen MR) is 148 cm³/mol. The predicted octanol–water partition coefficient (Wildman–Crippen LogP) is 2.85. The van der Waals surface area contributed by atoms with E-state index in [2.05, 4.69) is 35.5 Å². The van der Waals surface area contributed by atoms with Crippen molar-refractivity contribution < 1.29 is 24.2 Å². The van der Waals surface area contributed by atoms with E-state index in [1.54, 1.807) is 35.8 Å². The third-order valence-corrected chi connectivity index (χ3v) is 6.90. The minimum Gasteiger partial charge on any atom is -0.478 e. The normalized spacial score (nSPS) is 11.0. The second-order valence-electron chi connectivity index (χ2n) is 8.90. The van der Waals surface area contributed by atoms with Crippen LogP contribution in [0.2, 0.25) is 0 Å². The maximum Gasteiger partial charge on any atom is 0.335 e. The van der Waals surface area contributed by atoms with Crippen LogP contribution >= 0.6 is 11.3 Å². The summed E-state index contributed by atoms with van der Waals surface area (Å²) in [5.41, 5.74) is 1.99. The lowest BCUT2D eigenvalue weighted by Gasteiger charge is -2.08. The average Bonchev–Trinajstić information content (AvgIpc) is 3.65. The smallest absolute Gasteiger partial charge is 0.335 e. The van der Waals surface area contributed by atoms with Gasteiger partial charge in [-0.15, -0.1) is 11.3 Å². The molecule has 0 saturated heterocycles. The number of hydrogen-bond acceptors (Lipinski definition) is 10. The highest BCUT2D eigenvalue weighted by molar-refractivity contribution is 7.16. The molecule has 0 fully saturated rings. The van der Waals surface area contributed by atoms with Crippen LogP contribution in [0.5, 0.6) is 5.88 Å². The van der Waals surface area contributed by atoms with Gasteiger partial charge in [0.25, 0.3) is 11.5 Å². The van der Waals surface area contributed by atoms with Crippen LogP contribution in [0.3, 0.4) is 0 Å². The summed E-state index contributed by atoms with van der Waals surface area (Å²) in [6.45, 7) is 1.03. The van der Waals surface area contributed by atoms with Gasteiger partial charge < -0.3 is 24.9 Å². The standard InChI is InChI=1S/C27H25N7O6S/c35-24-22-19(13-39-12-16-3-5-18(6-4-16)27(37)38)14-41-26(22)33-23(32-24)25(36)29-11-17-7-8-28-21(10-17)40-9-1-2-20-30-15-31-34-20/h3-8,10,14-15H,1-2,9,11-13H2,(H,29,36)(H,37,38)(H,30,31,34)(H,32,33,35). The van der Waals surface area contributed by atoms with Gasteiger partial charge in [0, 0.05) is 30.8 Å². The number of aromatic amines is 2. The Morgan fingerprint density at radius 3 is 2.71 bits per heavy atom. The van der Waals surface area contributed by atoms with Gasteiger partial charge >= 0.3 is 5.97 Å². The number of carbonyl (C=O) groups is 2. The van der Waals surface area contributed by atoms with Crippen LogP contribution in [-0.2, 0) is 30.9 Å². The Morgan fingerprint density at radius 2 is 1.93 bits per heavy atom. The van der Waals surface area contributed by atoms with Crippen molar-refractivity contribution in [3.05, 3.63) is 98.6 Å². The average molecular weight is 576 g/mol. The molecule has 4 aromatic heterocycles. The van der Waals surface area contributed by atoms with E-state index < -0.39 is 17.4 Å².